The van der Waals surface area contributed by atoms with Crippen molar-refractivity contribution < 1.29 is 36.4 Å². The van der Waals surface area contributed by atoms with E-state index in [0.717, 1.165) is 0 Å². The van der Waals surface area contributed by atoms with Crippen molar-refractivity contribution in [1.29, 1.82) is 0 Å². The van der Waals surface area contributed by atoms with Gasteiger partial charge in [0, 0.05) is 0 Å². The van der Waals surface area contributed by atoms with Gasteiger partial charge in [-0.05, 0) is 0 Å². The van der Waals surface area contributed by atoms with Crippen LogP contribution in [-0.2, 0) is 1.33 Å². The molecule has 0 spiro atoms. The van der Waals surface area contributed by atoms with E-state index in [-0.39, 0.29) is 0 Å². The van der Waals surface area contributed by atoms with Crippen LogP contribution in [0.2, 0.25) is 2.90 Å². The molecule has 0 aliphatic rings. The standard InChI is InChI=1S/CH3.H2O.O.Tb/h1H3;1H2;;/q;;;+1/p-1. The molecule has 3 heteroatoms. The van der Waals surface area contributed by atoms with Crippen molar-refractivity contribution in [2.45, 2.75) is 2.90 Å². The minimum atomic E-state index is -2.58. The first-order chi connectivity index (χ1) is 1.73. The van der Waals surface area contributed by atoms with E-state index < -0.39 is 33.3 Å². The van der Waals surface area contributed by atoms with E-state index in [4.69, 9.17) is 1.71 Å². The third-order valence-corrected chi connectivity index (χ3v) is 0. The number of hydrogen-bond acceptors (Lipinski definition) is 1. The van der Waals surface area contributed by atoms with Crippen LogP contribution in [0, 0.1) is 33.3 Å². The Balaban J connectivity index is 2.80. The van der Waals surface area contributed by atoms with Crippen LogP contribution in [-0.4, -0.2) is 1.71 Å². The van der Waals surface area contributed by atoms with E-state index in [1.165, 1.54) is 2.90 Å². The van der Waals surface area contributed by atoms with E-state index in [0.29, 0.717) is 0 Å². The zero-order valence-electron chi connectivity index (χ0n) is 2.19. The van der Waals surface area contributed by atoms with Crippen molar-refractivity contribution in [1.82, 2.24) is 0 Å². The van der Waals surface area contributed by atoms with Crippen molar-refractivity contribution in [2.75, 3.05) is 0 Å². The molecule has 0 rings (SSSR count). The second-order valence-corrected chi connectivity index (χ2v) is 2.57. The van der Waals surface area contributed by atoms with Gasteiger partial charge in [-0.3, -0.25) is 0 Å². The van der Waals surface area contributed by atoms with E-state index in [1.807, 2.05) is 0 Å². The Morgan fingerprint density at radius 3 is 2.00 bits per heavy atom. The predicted molar refractivity (Wildman–Crippen MR) is 8.77 cm³/mol. The molecule has 0 atom stereocenters. The van der Waals surface area contributed by atoms with Gasteiger partial charge in [-0.25, -0.2) is 0 Å². The molecule has 0 saturated heterocycles. The summed E-state index contributed by atoms with van der Waals surface area (Å²) in [5, 5.41) is 0. The van der Waals surface area contributed by atoms with Crippen LogP contribution >= 0.6 is 0 Å². The van der Waals surface area contributed by atoms with Crippen LogP contribution in [0.25, 0.3) is 0 Å². The topological polar surface area (TPSA) is 37.3 Å². The Bertz CT molecular complexity index is 29.0. The molecule has 0 fully saturated rings. The molecule has 0 aliphatic carbocycles. The number of hydrogen-bond donors (Lipinski definition) is 1. The SMILES string of the molecule is [CH3][Tb](=[O])[OH]. The summed E-state index contributed by atoms with van der Waals surface area (Å²) < 4.78 is 18.2. The van der Waals surface area contributed by atoms with Crippen molar-refractivity contribution in [3.8, 4) is 0 Å². The molecule has 1 N–H and O–H groups in total. The molecule has 0 amide bonds. The van der Waals surface area contributed by atoms with Crippen LogP contribution in [0.4, 0.5) is 0 Å². The summed E-state index contributed by atoms with van der Waals surface area (Å²) in [6.45, 7) is 0. The third-order valence-electron chi connectivity index (χ3n) is 0. The van der Waals surface area contributed by atoms with Gasteiger partial charge in [-0.2, -0.15) is 0 Å². The van der Waals surface area contributed by atoms with Gasteiger partial charge < -0.3 is 0 Å². The molecule has 0 radical (unpaired) electrons. The first kappa shape index (κ1) is 5.05. The molecule has 0 aliphatic heterocycles. The quantitative estimate of drug-likeness (QED) is 0.602. The van der Waals surface area contributed by atoms with Gasteiger partial charge in [0.1, 0.15) is 0 Å². The van der Waals surface area contributed by atoms with Crippen molar-refractivity contribution in [3.05, 3.63) is 0 Å². The molecule has 0 aromatic rings. The summed E-state index contributed by atoms with van der Waals surface area (Å²) in [6.07, 6.45) is 0. The normalized spacial score (nSPS) is 11.0. The monoisotopic (exact) mass is 207 g/mol. The summed E-state index contributed by atoms with van der Waals surface area (Å²) >= 11 is -2.58. The second kappa shape index (κ2) is 2.29. The molecule has 29 valence electrons. The second-order valence-electron chi connectivity index (χ2n) is 0.346. The fourth-order valence-electron chi connectivity index (χ4n) is 0. The Hall–Kier alpha value is 1.05. The van der Waals surface area contributed by atoms with Gasteiger partial charge >= 0.3 is 39.3 Å². The summed E-state index contributed by atoms with van der Waals surface area (Å²) in [6, 6.07) is 0. The van der Waals surface area contributed by atoms with Crippen molar-refractivity contribution in [2.24, 2.45) is 0 Å². The Morgan fingerprint density at radius 1 is 2.00 bits per heavy atom. The Morgan fingerprint density at radius 2 is 2.00 bits per heavy atom. The molecular formula is CH4O2Tb. The van der Waals surface area contributed by atoms with Gasteiger partial charge in [-0.15, -0.1) is 0 Å². The molecule has 2 nitrogen and oxygen atoms in total. The van der Waals surface area contributed by atoms with Crippen LogP contribution in [0.15, 0.2) is 0 Å². The zero-order chi connectivity index (χ0) is 3.58. The van der Waals surface area contributed by atoms with Gasteiger partial charge in [-0.1, -0.05) is 0 Å². The van der Waals surface area contributed by atoms with Crippen LogP contribution in [0.1, 0.15) is 0 Å². The van der Waals surface area contributed by atoms with E-state index in [1.54, 1.807) is 0 Å². The molecule has 4 heavy (non-hydrogen) atoms. The Kier molecular flexibility index (Phi) is 2.89. The zero-order valence-corrected chi connectivity index (χ0v) is 4.33. The van der Waals surface area contributed by atoms with Crippen LogP contribution in [0.5, 0.6) is 0 Å². The average Bonchev–Trinajstić information content (AvgIpc) is 0.811. The first-order valence-corrected chi connectivity index (χ1v) is 4.59. The minimum absolute atomic E-state index is 1.33. The fraction of sp³-hybridized carbons (Fsp3) is 1.00. The molecule has 0 aromatic heterocycles. The van der Waals surface area contributed by atoms with Gasteiger partial charge in [0.05, 0.1) is 0 Å². The summed E-state index contributed by atoms with van der Waals surface area (Å²) in [5.74, 6) is 0. The Labute approximate surface area is 38.9 Å². The van der Waals surface area contributed by atoms with Crippen molar-refractivity contribution >= 4 is 0 Å². The molecule has 0 unspecified atom stereocenters. The van der Waals surface area contributed by atoms with Crippen LogP contribution < -0.4 is 0 Å². The van der Waals surface area contributed by atoms with E-state index in [2.05, 4.69) is 0 Å². The first-order valence-electron chi connectivity index (χ1n) is 0.618. The van der Waals surface area contributed by atoms with Gasteiger partial charge in [0.2, 0.25) is 0 Å². The molecule has 0 bridgehead atoms. The molecular weight excluding hydrogens is 203 g/mol. The van der Waals surface area contributed by atoms with Crippen molar-refractivity contribution in [3.63, 3.8) is 0 Å². The summed E-state index contributed by atoms with van der Waals surface area (Å²) in [7, 11) is 0. The fourth-order valence-corrected chi connectivity index (χ4v) is 0. The predicted octanol–water partition coefficient (Wildman–Crippen LogP) is -0.0920. The molecule has 0 saturated carbocycles. The summed E-state index contributed by atoms with van der Waals surface area (Å²) in [4.78, 5) is 0. The maximum atomic E-state index is 9.25. The molecule has 0 aromatic carbocycles. The van der Waals surface area contributed by atoms with E-state index in [9.17, 15) is 1.33 Å². The maximum absolute atomic E-state index is 9.25. The molecule has 0 heterocycles. The van der Waals surface area contributed by atoms with Crippen LogP contribution in [0.3, 0.4) is 0 Å². The van der Waals surface area contributed by atoms with Gasteiger partial charge in [0.15, 0.2) is 0 Å². The van der Waals surface area contributed by atoms with Gasteiger partial charge in [0.25, 0.3) is 0 Å². The summed E-state index contributed by atoms with van der Waals surface area (Å²) in [5.41, 5.74) is 0. The number of rotatable bonds is 0. The average molecular weight is 207 g/mol. The van der Waals surface area contributed by atoms with E-state index >= 15 is 0 Å². The third kappa shape index (κ3) is 11.7.